The summed E-state index contributed by atoms with van der Waals surface area (Å²) >= 11 is 7.76. The highest BCUT2D eigenvalue weighted by Crippen LogP contribution is 2.33. The second-order valence-corrected chi connectivity index (χ2v) is 9.46. The number of carbonyl (C=O) groups excluding carboxylic acids is 1. The van der Waals surface area contributed by atoms with Crippen molar-refractivity contribution in [1.29, 1.82) is 0 Å². The largest absolute Gasteiger partial charge is 0.496 e. The molecule has 0 N–H and O–H groups in total. The van der Waals surface area contributed by atoms with Gasteiger partial charge in [-0.2, -0.15) is 0 Å². The van der Waals surface area contributed by atoms with Crippen LogP contribution in [0.25, 0.3) is 10.2 Å². The maximum Gasteiger partial charge on any atom is 0.263 e. The number of thiazole rings is 1. The number of halogens is 1. The molecule has 1 aliphatic heterocycles. The molecule has 0 radical (unpaired) electrons. The van der Waals surface area contributed by atoms with Gasteiger partial charge in [0.1, 0.15) is 5.75 Å². The number of methoxy groups -OCH3 is 1. The van der Waals surface area contributed by atoms with Gasteiger partial charge in [-0.3, -0.25) is 14.6 Å². The van der Waals surface area contributed by atoms with Crippen molar-refractivity contribution in [1.82, 2.24) is 9.88 Å². The molecule has 1 aromatic heterocycles. The number of ether oxygens (including phenoxy) is 2. The highest BCUT2D eigenvalue weighted by atomic mass is 35.5. The molecule has 2 heterocycles. The Morgan fingerprint density at radius 2 is 1.97 bits per heavy atom. The Bertz CT molecular complexity index is 1070. The van der Waals surface area contributed by atoms with Gasteiger partial charge in [0, 0.05) is 31.2 Å². The topological polar surface area (TPSA) is 54.9 Å². The average Bonchev–Trinajstić information content (AvgIpc) is 3.19. The van der Waals surface area contributed by atoms with Crippen LogP contribution in [-0.4, -0.2) is 62.3 Å². The molecule has 1 saturated heterocycles. The zero-order valence-corrected chi connectivity index (χ0v) is 20.3. The highest BCUT2D eigenvalue weighted by Gasteiger charge is 2.25. The molecule has 0 unspecified atom stereocenters. The minimum atomic E-state index is -0.154. The Balaban J connectivity index is 1.64. The van der Waals surface area contributed by atoms with Crippen molar-refractivity contribution in [2.75, 3.05) is 51.4 Å². The van der Waals surface area contributed by atoms with E-state index in [1.165, 1.54) is 11.1 Å². The average molecular weight is 474 g/mol. The van der Waals surface area contributed by atoms with E-state index in [1.807, 2.05) is 0 Å². The van der Waals surface area contributed by atoms with E-state index in [1.54, 1.807) is 41.5 Å². The summed E-state index contributed by atoms with van der Waals surface area (Å²) in [6, 6.07) is 9.35. The molecule has 6 nitrogen and oxygen atoms in total. The van der Waals surface area contributed by atoms with Crippen LogP contribution in [0.4, 0.5) is 5.13 Å². The van der Waals surface area contributed by atoms with Gasteiger partial charge in [0.05, 0.1) is 36.1 Å². The number of carbonyl (C=O) groups is 1. The molecule has 170 valence electrons. The molecule has 0 atom stereocenters. The van der Waals surface area contributed by atoms with E-state index in [9.17, 15) is 4.79 Å². The number of rotatable bonds is 7. The minimum absolute atomic E-state index is 0.154. The maximum absolute atomic E-state index is 13.7. The van der Waals surface area contributed by atoms with Gasteiger partial charge < -0.3 is 9.47 Å². The van der Waals surface area contributed by atoms with Crippen molar-refractivity contribution in [3.63, 3.8) is 0 Å². The number of aromatic nitrogens is 1. The van der Waals surface area contributed by atoms with Gasteiger partial charge in [0.2, 0.25) is 0 Å². The van der Waals surface area contributed by atoms with Crippen LogP contribution in [0.1, 0.15) is 27.9 Å². The van der Waals surface area contributed by atoms with Crippen molar-refractivity contribution in [3.8, 4) is 5.75 Å². The predicted molar refractivity (Wildman–Crippen MR) is 131 cm³/mol. The predicted octanol–water partition coefficient (Wildman–Crippen LogP) is 4.94. The van der Waals surface area contributed by atoms with E-state index >= 15 is 0 Å². The third-order valence-electron chi connectivity index (χ3n) is 5.82. The molecule has 2 aromatic carbocycles. The van der Waals surface area contributed by atoms with Crippen LogP contribution >= 0.6 is 22.9 Å². The number of hydrogen-bond acceptors (Lipinski definition) is 6. The first kappa shape index (κ1) is 23.0. The number of anilines is 1. The van der Waals surface area contributed by atoms with E-state index < -0.39 is 0 Å². The number of hydrogen-bond donors (Lipinski definition) is 0. The first-order chi connectivity index (χ1) is 15.5. The summed E-state index contributed by atoms with van der Waals surface area (Å²) in [5, 5.41) is 1.19. The lowest BCUT2D eigenvalue weighted by molar-refractivity contribution is 0.0376. The van der Waals surface area contributed by atoms with Crippen LogP contribution in [0, 0.1) is 13.8 Å². The summed E-state index contributed by atoms with van der Waals surface area (Å²) in [4.78, 5) is 22.7. The van der Waals surface area contributed by atoms with Crippen molar-refractivity contribution >= 4 is 44.2 Å². The molecule has 8 heteroatoms. The fraction of sp³-hybridized carbons (Fsp3) is 0.417. The fourth-order valence-corrected chi connectivity index (χ4v) is 5.08. The lowest BCUT2D eigenvalue weighted by Gasteiger charge is -2.28. The van der Waals surface area contributed by atoms with E-state index in [-0.39, 0.29) is 5.91 Å². The molecule has 1 aliphatic rings. The van der Waals surface area contributed by atoms with Gasteiger partial charge >= 0.3 is 0 Å². The maximum atomic E-state index is 13.7. The summed E-state index contributed by atoms with van der Waals surface area (Å²) in [7, 11) is 1.56. The van der Waals surface area contributed by atoms with Crippen LogP contribution in [0.5, 0.6) is 5.75 Å². The number of nitrogens with zero attached hydrogens (tertiary/aromatic N) is 3. The molecule has 0 aliphatic carbocycles. The summed E-state index contributed by atoms with van der Waals surface area (Å²) in [5.74, 6) is 0.351. The van der Waals surface area contributed by atoms with Gasteiger partial charge in [-0.15, -0.1) is 0 Å². The number of benzene rings is 2. The molecule has 3 aromatic rings. The van der Waals surface area contributed by atoms with Crippen LogP contribution in [0.15, 0.2) is 30.3 Å². The van der Waals surface area contributed by atoms with Crippen LogP contribution in [-0.2, 0) is 4.74 Å². The standard InChI is InChI=1S/C24H28ClN3O3S/c1-16-13-20-22(14-17(16)2)32-24(26-20)28(8-4-7-27-9-11-31-12-10-27)23(29)19-15-18(25)5-6-21(19)30-3/h5-6,13-15H,4,7-12H2,1-3H3. The van der Waals surface area contributed by atoms with E-state index in [0.717, 1.165) is 49.5 Å². The van der Waals surface area contributed by atoms with Gasteiger partial charge in [-0.05, 0) is 61.7 Å². The second-order valence-electron chi connectivity index (χ2n) is 8.01. The smallest absolute Gasteiger partial charge is 0.263 e. The summed E-state index contributed by atoms with van der Waals surface area (Å²) in [5.41, 5.74) is 3.76. The highest BCUT2D eigenvalue weighted by molar-refractivity contribution is 7.22. The second kappa shape index (κ2) is 10.2. The Kier molecular flexibility index (Phi) is 7.30. The lowest BCUT2D eigenvalue weighted by Crippen LogP contribution is -2.39. The quantitative estimate of drug-likeness (QED) is 0.486. The molecule has 32 heavy (non-hydrogen) atoms. The van der Waals surface area contributed by atoms with Crippen molar-refractivity contribution in [2.24, 2.45) is 0 Å². The Hall–Kier alpha value is -2.19. The van der Waals surface area contributed by atoms with Gasteiger partial charge in [-0.1, -0.05) is 22.9 Å². The van der Waals surface area contributed by atoms with Gasteiger partial charge in [0.15, 0.2) is 5.13 Å². The Morgan fingerprint density at radius 1 is 1.22 bits per heavy atom. The summed E-state index contributed by atoms with van der Waals surface area (Å²) in [6.45, 7) is 9.02. The van der Waals surface area contributed by atoms with Crippen LogP contribution < -0.4 is 9.64 Å². The molecule has 1 fully saturated rings. The first-order valence-electron chi connectivity index (χ1n) is 10.8. The number of aryl methyl sites for hydroxylation is 2. The van der Waals surface area contributed by atoms with Crippen molar-refractivity contribution in [3.05, 3.63) is 52.0 Å². The number of morpholine rings is 1. The molecular weight excluding hydrogens is 446 g/mol. The van der Waals surface area contributed by atoms with Crippen molar-refractivity contribution < 1.29 is 14.3 Å². The van der Waals surface area contributed by atoms with E-state index in [0.29, 0.717) is 28.0 Å². The van der Waals surface area contributed by atoms with Crippen molar-refractivity contribution in [2.45, 2.75) is 20.3 Å². The van der Waals surface area contributed by atoms with Crippen LogP contribution in [0.2, 0.25) is 5.02 Å². The number of fused-ring (bicyclic) bond motifs is 1. The monoisotopic (exact) mass is 473 g/mol. The minimum Gasteiger partial charge on any atom is -0.496 e. The Morgan fingerprint density at radius 3 is 2.72 bits per heavy atom. The molecule has 0 spiro atoms. The molecule has 0 bridgehead atoms. The molecule has 0 saturated carbocycles. The Labute approximate surface area is 197 Å². The normalized spacial score (nSPS) is 14.6. The third-order valence-corrected chi connectivity index (χ3v) is 7.10. The number of amides is 1. The SMILES string of the molecule is COc1ccc(Cl)cc1C(=O)N(CCCN1CCOCC1)c1nc2cc(C)c(C)cc2s1. The molecular formula is C24H28ClN3O3S. The molecule has 4 rings (SSSR count). The molecule has 1 amide bonds. The van der Waals surface area contributed by atoms with E-state index in [2.05, 4.69) is 30.9 Å². The van der Waals surface area contributed by atoms with E-state index in [4.69, 9.17) is 26.1 Å². The zero-order chi connectivity index (χ0) is 22.7. The fourth-order valence-electron chi connectivity index (χ4n) is 3.84. The first-order valence-corrected chi connectivity index (χ1v) is 12.0. The lowest BCUT2D eigenvalue weighted by atomic mass is 10.1. The van der Waals surface area contributed by atoms with Gasteiger partial charge in [-0.25, -0.2) is 4.98 Å². The van der Waals surface area contributed by atoms with Crippen LogP contribution in [0.3, 0.4) is 0 Å². The zero-order valence-electron chi connectivity index (χ0n) is 18.7. The summed E-state index contributed by atoms with van der Waals surface area (Å²) in [6.07, 6.45) is 0.836. The van der Waals surface area contributed by atoms with Gasteiger partial charge in [0.25, 0.3) is 5.91 Å². The summed E-state index contributed by atoms with van der Waals surface area (Å²) < 4.78 is 12.0. The third kappa shape index (κ3) is 5.07.